The van der Waals surface area contributed by atoms with Crippen molar-refractivity contribution in [3.05, 3.63) is 106 Å². The zero-order valence-corrected chi connectivity index (χ0v) is 15.8. The van der Waals surface area contributed by atoms with Gasteiger partial charge in [-0.1, -0.05) is 71.8 Å². The molecule has 0 fully saturated rings. The summed E-state index contributed by atoms with van der Waals surface area (Å²) >= 11 is 0. The van der Waals surface area contributed by atoms with Gasteiger partial charge in [0.25, 0.3) is 0 Å². The molecule has 0 radical (unpaired) electrons. The summed E-state index contributed by atoms with van der Waals surface area (Å²) in [6.45, 7) is 3.88. The topological polar surface area (TPSA) is 43.4 Å². The van der Waals surface area contributed by atoms with Crippen LogP contribution in [0.15, 0.2) is 72.8 Å². The second-order valence-corrected chi connectivity index (χ2v) is 6.81. The highest BCUT2D eigenvalue weighted by molar-refractivity contribution is 6.01. The fourth-order valence-electron chi connectivity index (χ4n) is 2.83. The van der Waals surface area contributed by atoms with Gasteiger partial charge in [-0.15, -0.1) is 0 Å². The highest BCUT2D eigenvalue weighted by Gasteiger charge is 2.26. The molecule has 0 bridgehead atoms. The van der Waals surface area contributed by atoms with E-state index in [1.54, 1.807) is 24.3 Å². The first-order chi connectivity index (χ1) is 13.4. The molecule has 0 aliphatic heterocycles. The van der Waals surface area contributed by atoms with Crippen LogP contribution in [0.5, 0.6) is 0 Å². The second kappa shape index (κ2) is 8.61. The van der Waals surface area contributed by atoms with Gasteiger partial charge in [-0.3, -0.25) is 9.59 Å². The Morgan fingerprint density at radius 3 is 1.93 bits per heavy atom. The van der Waals surface area contributed by atoms with E-state index in [9.17, 15) is 14.0 Å². The maximum absolute atomic E-state index is 13.0. The molecular formula is C24H21FO3. The normalized spacial score (nSPS) is 11.7. The van der Waals surface area contributed by atoms with Crippen molar-refractivity contribution in [2.45, 2.75) is 26.4 Å². The van der Waals surface area contributed by atoms with Crippen LogP contribution < -0.4 is 0 Å². The molecule has 0 amide bonds. The monoisotopic (exact) mass is 376 g/mol. The van der Waals surface area contributed by atoms with Crippen molar-refractivity contribution in [1.82, 2.24) is 0 Å². The summed E-state index contributed by atoms with van der Waals surface area (Å²) < 4.78 is 18.6. The van der Waals surface area contributed by atoms with E-state index in [2.05, 4.69) is 0 Å². The molecule has 0 heterocycles. The number of Topliss-reactive ketones (excluding diaryl/α,β-unsaturated/α-hetero) is 1. The Balaban J connectivity index is 1.84. The largest absolute Gasteiger partial charge is 0.449 e. The lowest BCUT2D eigenvalue weighted by Gasteiger charge is -2.18. The Kier molecular flexibility index (Phi) is 5.99. The summed E-state index contributed by atoms with van der Waals surface area (Å²) in [5, 5.41) is 0. The molecule has 3 aromatic carbocycles. The van der Waals surface area contributed by atoms with Crippen molar-refractivity contribution in [3.8, 4) is 0 Å². The zero-order valence-electron chi connectivity index (χ0n) is 15.8. The third kappa shape index (κ3) is 4.92. The van der Waals surface area contributed by atoms with Gasteiger partial charge in [0.1, 0.15) is 5.82 Å². The summed E-state index contributed by atoms with van der Waals surface area (Å²) in [4.78, 5) is 25.5. The molecule has 0 aromatic heterocycles. The summed E-state index contributed by atoms with van der Waals surface area (Å²) in [6.07, 6.45) is -1.07. The molecule has 0 N–H and O–H groups in total. The number of ether oxygens (including phenoxy) is 1. The Hall–Kier alpha value is -3.27. The van der Waals surface area contributed by atoms with E-state index in [1.807, 2.05) is 38.1 Å². The van der Waals surface area contributed by atoms with Gasteiger partial charge >= 0.3 is 5.97 Å². The molecule has 142 valence electrons. The van der Waals surface area contributed by atoms with Crippen molar-refractivity contribution in [1.29, 1.82) is 0 Å². The second-order valence-electron chi connectivity index (χ2n) is 6.81. The first-order valence-electron chi connectivity index (χ1n) is 9.04. The van der Waals surface area contributed by atoms with Gasteiger partial charge in [-0.25, -0.2) is 4.39 Å². The SMILES string of the molecule is Cc1ccc(C(=O)C(OC(=O)Cc2ccc(F)cc2)c2ccc(C)cc2)cc1. The molecule has 3 nitrogen and oxygen atoms in total. The zero-order chi connectivity index (χ0) is 20.1. The Morgan fingerprint density at radius 2 is 1.36 bits per heavy atom. The molecule has 4 heteroatoms. The number of hydrogen-bond donors (Lipinski definition) is 0. The number of aryl methyl sites for hydroxylation is 2. The van der Waals surface area contributed by atoms with Gasteiger partial charge < -0.3 is 4.74 Å². The first kappa shape index (κ1) is 19.5. The van der Waals surface area contributed by atoms with E-state index in [0.717, 1.165) is 11.1 Å². The van der Waals surface area contributed by atoms with Crippen LogP contribution in [0.3, 0.4) is 0 Å². The van der Waals surface area contributed by atoms with E-state index < -0.39 is 12.1 Å². The molecule has 0 spiro atoms. The lowest BCUT2D eigenvalue weighted by molar-refractivity contribution is -0.146. The molecule has 1 unspecified atom stereocenters. The number of rotatable bonds is 6. The minimum atomic E-state index is -1.03. The molecule has 0 saturated carbocycles. The smallest absolute Gasteiger partial charge is 0.311 e. The van der Waals surface area contributed by atoms with Gasteiger partial charge in [0.05, 0.1) is 6.42 Å². The van der Waals surface area contributed by atoms with Gasteiger partial charge in [0.2, 0.25) is 5.78 Å². The Labute approximate surface area is 163 Å². The van der Waals surface area contributed by atoms with Crippen LogP contribution in [-0.4, -0.2) is 11.8 Å². The van der Waals surface area contributed by atoms with Crippen LogP contribution in [0.4, 0.5) is 4.39 Å². The number of benzene rings is 3. The van der Waals surface area contributed by atoms with Gasteiger partial charge in [-0.05, 0) is 31.5 Å². The molecule has 3 rings (SSSR count). The number of ketones is 1. The first-order valence-corrected chi connectivity index (χ1v) is 9.04. The molecule has 3 aromatic rings. The molecule has 0 saturated heterocycles. The van der Waals surface area contributed by atoms with E-state index in [4.69, 9.17) is 4.74 Å². The fourth-order valence-corrected chi connectivity index (χ4v) is 2.83. The predicted molar refractivity (Wildman–Crippen MR) is 106 cm³/mol. The van der Waals surface area contributed by atoms with E-state index >= 15 is 0 Å². The molecule has 1 atom stereocenters. The lowest BCUT2D eigenvalue weighted by atomic mass is 9.98. The summed E-state index contributed by atoms with van der Waals surface area (Å²) in [6, 6.07) is 20.1. The Bertz CT molecular complexity index is 958. The van der Waals surface area contributed by atoms with Gasteiger partial charge in [0.15, 0.2) is 6.10 Å². The highest BCUT2D eigenvalue weighted by Crippen LogP contribution is 2.24. The van der Waals surface area contributed by atoms with Crippen LogP contribution >= 0.6 is 0 Å². The Morgan fingerprint density at radius 1 is 0.821 bits per heavy atom. The van der Waals surface area contributed by atoms with Gasteiger partial charge in [-0.2, -0.15) is 0 Å². The molecule has 0 aliphatic rings. The summed E-state index contributed by atoms with van der Waals surface area (Å²) in [7, 11) is 0. The number of carbonyl (C=O) groups excluding carboxylic acids is 2. The van der Waals surface area contributed by atoms with Crippen LogP contribution in [0, 0.1) is 19.7 Å². The third-order valence-corrected chi connectivity index (χ3v) is 4.47. The van der Waals surface area contributed by atoms with Crippen LogP contribution in [0.1, 0.15) is 38.7 Å². The average Bonchev–Trinajstić information content (AvgIpc) is 2.69. The van der Waals surface area contributed by atoms with Crippen molar-refractivity contribution in [2.24, 2.45) is 0 Å². The molecule has 0 aliphatic carbocycles. The van der Waals surface area contributed by atoms with Crippen molar-refractivity contribution < 1.29 is 18.7 Å². The van der Waals surface area contributed by atoms with Crippen molar-refractivity contribution in [3.63, 3.8) is 0 Å². The summed E-state index contributed by atoms with van der Waals surface area (Å²) in [5.74, 6) is -1.20. The quantitative estimate of drug-likeness (QED) is 0.441. The van der Waals surface area contributed by atoms with Gasteiger partial charge in [0, 0.05) is 11.1 Å². The molecular weight excluding hydrogens is 355 g/mol. The lowest BCUT2D eigenvalue weighted by Crippen LogP contribution is -2.21. The van der Waals surface area contributed by atoms with E-state index in [0.29, 0.717) is 16.7 Å². The third-order valence-electron chi connectivity index (χ3n) is 4.47. The van der Waals surface area contributed by atoms with Crippen molar-refractivity contribution >= 4 is 11.8 Å². The van der Waals surface area contributed by atoms with Crippen LogP contribution in [-0.2, 0) is 16.0 Å². The number of halogens is 1. The minimum Gasteiger partial charge on any atom is -0.449 e. The standard InChI is InChI=1S/C24H21FO3/c1-16-3-9-19(10-4-16)23(27)24(20-11-5-17(2)6-12-20)28-22(26)15-18-7-13-21(25)14-8-18/h3-14,24H,15H2,1-2H3. The molecule has 28 heavy (non-hydrogen) atoms. The number of carbonyl (C=O) groups is 2. The van der Waals surface area contributed by atoms with E-state index in [1.165, 1.54) is 24.3 Å². The van der Waals surface area contributed by atoms with Crippen LogP contribution in [0.2, 0.25) is 0 Å². The minimum absolute atomic E-state index is 0.0379. The highest BCUT2D eigenvalue weighted by atomic mass is 19.1. The van der Waals surface area contributed by atoms with E-state index in [-0.39, 0.29) is 18.0 Å². The predicted octanol–water partition coefficient (Wildman–Crippen LogP) is 5.15. The maximum atomic E-state index is 13.0. The van der Waals surface area contributed by atoms with Crippen molar-refractivity contribution in [2.75, 3.05) is 0 Å². The average molecular weight is 376 g/mol. The summed E-state index contributed by atoms with van der Waals surface area (Å²) in [5.41, 5.74) is 3.80. The fraction of sp³-hybridized carbons (Fsp3) is 0.167. The maximum Gasteiger partial charge on any atom is 0.311 e. The number of esters is 1. The van der Waals surface area contributed by atoms with Crippen LogP contribution in [0.25, 0.3) is 0 Å². The number of hydrogen-bond acceptors (Lipinski definition) is 3.